The lowest BCUT2D eigenvalue weighted by Gasteiger charge is -1.90. The van der Waals surface area contributed by atoms with Crippen LogP contribution < -0.4 is 5.73 Å². The molecule has 0 radical (unpaired) electrons. The highest BCUT2D eigenvalue weighted by molar-refractivity contribution is 6.31. The Morgan fingerprint density at radius 1 is 1.69 bits per heavy atom. The van der Waals surface area contributed by atoms with Crippen LogP contribution in [0.5, 0.6) is 0 Å². The number of rotatable bonds is 2. The number of nitrogens with two attached hydrogens (primary N) is 1. The molecule has 1 rings (SSSR count). The first-order valence-corrected chi connectivity index (χ1v) is 4.06. The van der Waals surface area contributed by atoms with Crippen LogP contribution in [0.15, 0.2) is 6.08 Å². The van der Waals surface area contributed by atoms with Gasteiger partial charge in [0.25, 0.3) is 0 Å². The first-order chi connectivity index (χ1) is 6.02. The van der Waals surface area contributed by atoms with Crippen LogP contribution in [0.1, 0.15) is 11.3 Å². The fourth-order valence-corrected chi connectivity index (χ4v) is 1.24. The van der Waals surface area contributed by atoms with Crippen LogP contribution in [0.3, 0.4) is 0 Å². The molecule has 0 saturated heterocycles. The minimum atomic E-state index is -0.501. The van der Waals surface area contributed by atoms with Crippen molar-refractivity contribution in [3.8, 4) is 0 Å². The van der Waals surface area contributed by atoms with E-state index in [-0.39, 0.29) is 0 Å². The van der Waals surface area contributed by atoms with Crippen molar-refractivity contribution in [3.05, 3.63) is 22.5 Å². The van der Waals surface area contributed by atoms with Gasteiger partial charge in [0, 0.05) is 18.7 Å². The maximum atomic E-state index is 10.5. The van der Waals surface area contributed by atoms with E-state index in [4.69, 9.17) is 17.3 Å². The first kappa shape index (κ1) is 9.80. The molecule has 70 valence electrons. The summed E-state index contributed by atoms with van der Waals surface area (Å²) in [5.41, 5.74) is 6.44. The predicted octanol–water partition coefficient (Wildman–Crippen LogP) is 0.880. The fraction of sp³-hybridized carbons (Fsp3) is 0.250. The standard InChI is InChI=1S/C8H10ClN3O/c1-5-6(3-4-7(10)13)8(9)12(2)11-5/h3-4H,1-2H3,(H2,10,13). The van der Waals surface area contributed by atoms with Crippen LogP contribution in [0.2, 0.25) is 5.15 Å². The zero-order valence-corrected chi connectivity index (χ0v) is 8.17. The molecule has 0 spiro atoms. The molecule has 0 fully saturated rings. The Kier molecular flexibility index (Phi) is 2.72. The predicted molar refractivity (Wildman–Crippen MR) is 51.2 cm³/mol. The van der Waals surface area contributed by atoms with Crippen molar-refractivity contribution in [2.75, 3.05) is 0 Å². The number of carbonyl (C=O) groups is 1. The number of aromatic nitrogens is 2. The van der Waals surface area contributed by atoms with Crippen molar-refractivity contribution in [1.82, 2.24) is 9.78 Å². The van der Waals surface area contributed by atoms with Gasteiger partial charge in [-0.3, -0.25) is 9.48 Å². The van der Waals surface area contributed by atoms with Gasteiger partial charge >= 0.3 is 0 Å². The zero-order valence-electron chi connectivity index (χ0n) is 7.41. The molecule has 1 aromatic heterocycles. The molecular formula is C8H10ClN3O. The summed E-state index contributed by atoms with van der Waals surface area (Å²) in [6.45, 7) is 1.81. The first-order valence-electron chi connectivity index (χ1n) is 3.69. The molecule has 2 N–H and O–H groups in total. The topological polar surface area (TPSA) is 60.9 Å². The van der Waals surface area contributed by atoms with Gasteiger partial charge in [0.2, 0.25) is 5.91 Å². The maximum absolute atomic E-state index is 10.5. The molecular weight excluding hydrogens is 190 g/mol. The molecule has 5 heteroatoms. The number of carbonyl (C=O) groups excluding carboxylic acids is 1. The van der Waals surface area contributed by atoms with Crippen LogP contribution in [0.4, 0.5) is 0 Å². The fourth-order valence-electron chi connectivity index (χ4n) is 1.00. The van der Waals surface area contributed by atoms with Crippen LogP contribution >= 0.6 is 11.6 Å². The van der Waals surface area contributed by atoms with Gasteiger partial charge in [-0.2, -0.15) is 5.10 Å². The smallest absolute Gasteiger partial charge is 0.241 e. The third kappa shape index (κ3) is 2.09. The molecule has 13 heavy (non-hydrogen) atoms. The summed E-state index contributed by atoms with van der Waals surface area (Å²) < 4.78 is 1.54. The Morgan fingerprint density at radius 3 is 2.69 bits per heavy atom. The second kappa shape index (κ2) is 3.62. The second-order valence-electron chi connectivity index (χ2n) is 2.65. The van der Waals surface area contributed by atoms with Crippen molar-refractivity contribution in [2.45, 2.75) is 6.92 Å². The molecule has 0 atom stereocenters. The van der Waals surface area contributed by atoms with Gasteiger partial charge in [-0.15, -0.1) is 0 Å². The molecule has 4 nitrogen and oxygen atoms in total. The van der Waals surface area contributed by atoms with Crippen LogP contribution in [-0.2, 0) is 11.8 Å². The van der Waals surface area contributed by atoms with Gasteiger partial charge in [0.05, 0.1) is 5.69 Å². The van der Waals surface area contributed by atoms with E-state index in [9.17, 15) is 4.79 Å². The third-order valence-corrected chi connectivity index (χ3v) is 2.06. The summed E-state index contributed by atoms with van der Waals surface area (Å²) in [7, 11) is 1.73. The Bertz CT molecular complexity index is 368. The van der Waals surface area contributed by atoms with Gasteiger partial charge in [0.15, 0.2) is 0 Å². The van der Waals surface area contributed by atoms with Crippen molar-refractivity contribution in [2.24, 2.45) is 12.8 Å². The van der Waals surface area contributed by atoms with E-state index < -0.39 is 5.91 Å². The average Bonchev–Trinajstić information content (AvgIpc) is 2.24. The van der Waals surface area contributed by atoms with Crippen molar-refractivity contribution in [1.29, 1.82) is 0 Å². The molecule has 0 bridgehead atoms. The van der Waals surface area contributed by atoms with Gasteiger partial charge in [-0.05, 0) is 13.0 Å². The monoisotopic (exact) mass is 199 g/mol. The Labute approximate surface area is 81.0 Å². The van der Waals surface area contributed by atoms with Crippen LogP contribution in [0, 0.1) is 6.92 Å². The van der Waals surface area contributed by atoms with Gasteiger partial charge in [0.1, 0.15) is 5.15 Å². The number of hydrogen-bond acceptors (Lipinski definition) is 2. The highest BCUT2D eigenvalue weighted by Crippen LogP contribution is 2.19. The maximum Gasteiger partial charge on any atom is 0.241 e. The largest absolute Gasteiger partial charge is 0.366 e. The minimum Gasteiger partial charge on any atom is -0.366 e. The minimum absolute atomic E-state index is 0.495. The van der Waals surface area contributed by atoms with Gasteiger partial charge in [-0.1, -0.05) is 11.6 Å². The zero-order chi connectivity index (χ0) is 10.0. The van der Waals surface area contributed by atoms with Crippen molar-refractivity contribution < 1.29 is 4.79 Å². The SMILES string of the molecule is Cc1nn(C)c(Cl)c1C=CC(N)=O. The normalized spacial score (nSPS) is 11.0. The van der Waals surface area contributed by atoms with Crippen LogP contribution in [0.25, 0.3) is 6.08 Å². The number of hydrogen-bond donors (Lipinski definition) is 1. The van der Waals surface area contributed by atoms with E-state index in [0.717, 1.165) is 11.3 Å². The molecule has 1 amide bonds. The van der Waals surface area contributed by atoms with E-state index in [0.29, 0.717) is 5.15 Å². The van der Waals surface area contributed by atoms with E-state index >= 15 is 0 Å². The Hall–Kier alpha value is -1.29. The lowest BCUT2D eigenvalue weighted by atomic mass is 10.2. The second-order valence-corrected chi connectivity index (χ2v) is 3.01. The number of halogens is 1. The molecule has 0 aliphatic heterocycles. The molecule has 1 heterocycles. The third-order valence-electron chi connectivity index (χ3n) is 1.61. The van der Waals surface area contributed by atoms with E-state index in [1.54, 1.807) is 13.1 Å². The molecule has 1 aromatic rings. The lowest BCUT2D eigenvalue weighted by molar-refractivity contribution is -0.113. The van der Waals surface area contributed by atoms with Crippen molar-refractivity contribution >= 4 is 23.6 Å². The van der Waals surface area contributed by atoms with E-state index in [1.165, 1.54) is 10.8 Å². The molecule has 0 saturated carbocycles. The molecule has 0 aliphatic rings. The highest BCUT2D eigenvalue weighted by Gasteiger charge is 2.07. The van der Waals surface area contributed by atoms with Crippen molar-refractivity contribution in [3.63, 3.8) is 0 Å². The van der Waals surface area contributed by atoms with E-state index in [1.807, 2.05) is 6.92 Å². The highest BCUT2D eigenvalue weighted by atomic mass is 35.5. The van der Waals surface area contributed by atoms with Crippen LogP contribution in [-0.4, -0.2) is 15.7 Å². The Morgan fingerprint density at radius 2 is 2.31 bits per heavy atom. The van der Waals surface area contributed by atoms with Gasteiger partial charge < -0.3 is 5.73 Å². The number of primary amides is 1. The Balaban J connectivity index is 3.07. The summed E-state index contributed by atoms with van der Waals surface area (Å²) in [5.74, 6) is -0.501. The van der Waals surface area contributed by atoms with E-state index in [2.05, 4.69) is 5.10 Å². The average molecular weight is 200 g/mol. The summed E-state index contributed by atoms with van der Waals surface area (Å²) >= 11 is 5.89. The number of nitrogens with zero attached hydrogens (tertiary/aromatic N) is 2. The quantitative estimate of drug-likeness (QED) is 0.719. The summed E-state index contributed by atoms with van der Waals surface area (Å²) in [6, 6.07) is 0. The number of aryl methyl sites for hydroxylation is 2. The molecule has 0 aliphatic carbocycles. The summed E-state index contributed by atoms with van der Waals surface area (Å²) in [6.07, 6.45) is 2.82. The summed E-state index contributed by atoms with van der Waals surface area (Å²) in [5, 5.41) is 4.57. The summed E-state index contributed by atoms with van der Waals surface area (Å²) in [4.78, 5) is 10.5. The van der Waals surface area contributed by atoms with Gasteiger partial charge in [-0.25, -0.2) is 0 Å². The number of amides is 1. The molecule has 0 aromatic carbocycles. The lowest BCUT2D eigenvalue weighted by Crippen LogP contribution is -2.05. The molecule has 0 unspecified atom stereocenters.